The third-order valence-corrected chi connectivity index (χ3v) is 5.39. The molecule has 2 rings (SSSR count). The summed E-state index contributed by atoms with van der Waals surface area (Å²) in [4.78, 5) is 23.7. The SMILES string of the molecule is Cc1cc(OCC(=O)NC(=S)NNC(=O)CCCOc2ccc(Cl)cc2Cl)ccc1Br. The minimum Gasteiger partial charge on any atom is -0.492 e. The minimum absolute atomic E-state index is 0.0434. The average molecular weight is 549 g/mol. The number of hydrazine groups is 1. The summed E-state index contributed by atoms with van der Waals surface area (Å²) in [5, 5.41) is 3.29. The molecule has 0 saturated heterocycles. The van der Waals surface area contributed by atoms with Gasteiger partial charge in [0.15, 0.2) is 11.7 Å². The number of nitrogens with one attached hydrogen (secondary N) is 3. The van der Waals surface area contributed by atoms with Crippen molar-refractivity contribution in [3.05, 3.63) is 56.5 Å². The number of thiocarbonyl (C=S) groups is 1. The molecule has 0 atom stereocenters. The van der Waals surface area contributed by atoms with Crippen LogP contribution in [-0.2, 0) is 9.59 Å². The van der Waals surface area contributed by atoms with Crippen LogP contribution in [0.1, 0.15) is 18.4 Å². The molecule has 166 valence electrons. The topological polar surface area (TPSA) is 88.7 Å². The number of benzene rings is 2. The van der Waals surface area contributed by atoms with Crippen LogP contribution in [0.4, 0.5) is 0 Å². The molecule has 0 heterocycles. The van der Waals surface area contributed by atoms with E-state index in [4.69, 9.17) is 44.9 Å². The molecule has 0 saturated carbocycles. The molecule has 0 aliphatic carbocycles. The Balaban J connectivity index is 1.59. The summed E-state index contributed by atoms with van der Waals surface area (Å²) in [6.07, 6.45) is 0.632. The van der Waals surface area contributed by atoms with Crippen molar-refractivity contribution in [2.75, 3.05) is 13.2 Å². The zero-order valence-corrected chi connectivity index (χ0v) is 20.4. The summed E-state index contributed by atoms with van der Waals surface area (Å²) in [6.45, 7) is 1.99. The smallest absolute Gasteiger partial charge is 0.264 e. The van der Waals surface area contributed by atoms with Crippen molar-refractivity contribution < 1.29 is 19.1 Å². The van der Waals surface area contributed by atoms with Gasteiger partial charge in [-0.15, -0.1) is 0 Å². The highest BCUT2D eigenvalue weighted by Gasteiger charge is 2.08. The number of amides is 2. The Morgan fingerprint density at radius 2 is 1.84 bits per heavy atom. The predicted molar refractivity (Wildman–Crippen MR) is 128 cm³/mol. The van der Waals surface area contributed by atoms with E-state index in [0.717, 1.165) is 10.0 Å². The lowest BCUT2D eigenvalue weighted by atomic mass is 10.2. The van der Waals surface area contributed by atoms with E-state index in [2.05, 4.69) is 32.1 Å². The van der Waals surface area contributed by atoms with Crippen molar-refractivity contribution in [2.45, 2.75) is 19.8 Å². The quantitative estimate of drug-likeness (QED) is 0.258. The first-order valence-corrected chi connectivity index (χ1v) is 11.1. The lowest BCUT2D eigenvalue weighted by molar-refractivity contribution is -0.123. The Morgan fingerprint density at radius 1 is 1.06 bits per heavy atom. The van der Waals surface area contributed by atoms with Crippen molar-refractivity contribution in [1.82, 2.24) is 16.2 Å². The van der Waals surface area contributed by atoms with E-state index < -0.39 is 5.91 Å². The minimum atomic E-state index is -0.458. The zero-order chi connectivity index (χ0) is 22.8. The van der Waals surface area contributed by atoms with Crippen LogP contribution in [0.15, 0.2) is 40.9 Å². The maximum atomic E-state index is 11.9. The molecule has 0 aliphatic rings. The Hall–Kier alpha value is -2.07. The summed E-state index contributed by atoms with van der Waals surface area (Å²) in [5.41, 5.74) is 5.85. The summed E-state index contributed by atoms with van der Waals surface area (Å²) in [7, 11) is 0. The fraction of sp³-hybridized carbons (Fsp3) is 0.250. The van der Waals surface area contributed by atoms with Crippen molar-refractivity contribution in [1.29, 1.82) is 0 Å². The van der Waals surface area contributed by atoms with Crippen molar-refractivity contribution >= 4 is 68.3 Å². The van der Waals surface area contributed by atoms with Gasteiger partial charge in [-0.1, -0.05) is 39.1 Å². The second-order valence-corrected chi connectivity index (χ2v) is 8.38. The first-order valence-electron chi connectivity index (χ1n) is 9.10. The van der Waals surface area contributed by atoms with E-state index in [1.54, 1.807) is 30.3 Å². The number of ether oxygens (including phenoxy) is 2. The van der Waals surface area contributed by atoms with Gasteiger partial charge >= 0.3 is 0 Å². The first-order chi connectivity index (χ1) is 14.7. The molecule has 3 N–H and O–H groups in total. The highest BCUT2D eigenvalue weighted by Crippen LogP contribution is 2.27. The van der Waals surface area contributed by atoms with Crippen LogP contribution in [0.25, 0.3) is 0 Å². The second kappa shape index (κ2) is 12.7. The maximum Gasteiger partial charge on any atom is 0.264 e. The number of carbonyl (C=O) groups is 2. The molecule has 31 heavy (non-hydrogen) atoms. The molecule has 0 radical (unpaired) electrons. The monoisotopic (exact) mass is 547 g/mol. The fourth-order valence-electron chi connectivity index (χ4n) is 2.25. The van der Waals surface area contributed by atoms with Crippen LogP contribution >= 0.6 is 51.3 Å². The number of carbonyl (C=O) groups excluding carboxylic acids is 2. The molecule has 0 aromatic heterocycles. The Labute approximate surface area is 203 Å². The van der Waals surface area contributed by atoms with E-state index in [1.807, 2.05) is 13.0 Å². The van der Waals surface area contributed by atoms with E-state index >= 15 is 0 Å². The Bertz CT molecular complexity index is 962. The van der Waals surface area contributed by atoms with E-state index in [1.165, 1.54) is 0 Å². The molecule has 7 nitrogen and oxygen atoms in total. The molecule has 2 aromatic carbocycles. The van der Waals surface area contributed by atoms with Gasteiger partial charge in [0.05, 0.1) is 11.6 Å². The van der Waals surface area contributed by atoms with Crippen LogP contribution in [-0.4, -0.2) is 30.1 Å². The molecular formula is C20H20BrCl2N3O4S. The van der Waals surface area contributed by atoms with Gasteiger partial charge in [-0.3, -0.25) is 25.8 Å². The number of halogens is 3. The Morgan fingerprint density at radius 3 is 2.55 bits per heavy atom. The van der Waals surface area contributed by atoms with Crippen molar-refractivity contribution in [3.8, 4) is 11.5 Å². The summed E-state index contributed by atoms with van der Waals surface area (Å²) in [5.74, 6) is 0.281. The standard InChI is InChI=1S/C20H20BrCl2N3O4S/c1-12-9-14(5-6-15(12)21)30-11-19(28)24-20(31)26-25-18(27)3-2-8-29-17-7-4-13(22)10-16(17)23/h4-7,9-10H,2-3,8,11H2,1H3,(H,25,27)(H2,24,26,28,31). The first kappa shape index (κ1) is 25.2. The van der Waals surface area contributed by atoms with Gasteiger partial charge < -0.3 is 9.47 Å². The molecule has 2 aromatic rings. The maximum absolute atomic E-state index is 11.9. The third-order valence-electron chi connectivity index (χ3n) is 3.77. The van der Waals surface area contributed by atoms with Gasteiger partial charge in [-0.2, -0.15) is 0 Å². The summed E-state index contributed by atoms with van der Waals surface area (Å²) >= 11 is 20.2. The summed E-state index contributed by atoms with van der Waals surface area (Å²) < 4.78 is 11.9. The van der Waals surface area contributed by atoms with Crippen molar-refractivity contribution in [3.63, 3.8) is 0 Å². The summed E-state index contributed by atoms with van der Waals surface area (Å²) in [6, 6.07) is 10.3. The van der Waals surface area contributed by atoms with Crippen LogP contribution < -0.4 is 25.6 Å². The number of hydrogen-bond donors (Lipinski definition) is 3. The fourth-order valence-corrected chi connectivity index (χ4v) is 3.12. The zero-order valence-electron chi connectivity index (χ0n) is 16.5. The lowest BCUT2D eigenvalue weighted by Crippen LogP contribution is -2.49. The molecule has 0 unspecified atom stereocenters. The van der Waals surface area contributed by atoms with Gasteiger partial charge in [0.25, 0.3) is 5.91 Å². The van der Waals surface area contributed by atoms with Crippen molar-refractivity contribution in [2.24, 2.45) is 0 Å². The van der Waals surface area contributed by atoms with Crippen LogP contribution in [0.5, 0.6) is 11.5 Å². The van der Waals surface area contributed by atoms with Crippen LogP contribution in [0.2, 0.25) is 10.0 Å². The molecule has 0 spiro atoms. The lowest BCUT2D eigenvalue weighted by Gasteiger charge is -2.12. The van der Waals surface area contributed by atoms with Gasteiger partial charge in [-0.25, -0.2) is 0 Å². The van der Waals surface area contributed by atoms with Crippen LogP contribution in [0, 0.1) is 6.92 Å². The van der Waals surface area contributed by atoms with Crippen LogP contribution in [0.3, 0.4) is 0 Å². The predicted octanol–water partition coefficient (Wildman–Crippen LogP) is 4.32. The second-order valence-electron chi connectivity index (χ2n) is 6.28. The van der Waals surface area contributed by atoms with Gasteiger partial charge in [0.2, 0.25) is 5.91 Å². The van der Waals surface area contributed by atoms with E-state index in [9.17, 15) is 9.59 Å². The van der Waals surface area contributed by atoms with Gasteiger partial charge in [0.1, 0.15) is 11.5 Å². The largest absolute Gasteiger partial charge is 0.492 e. The third kappa shape index (κ3) is 9.30. The highest BCUT2D eigenvalue weighted by atomic mass is 79.9. The molecule has 0 fully saturated rings. The van der Waals surface area contributed by atoms with E-state index in [-0.39, 0.29) is 24.0 Å². The number of aryl methyl sites for hydroxylation is 1. The molecule has 11 heteroatoms. The molecule has 0 bridgehead atoms. The van der Waals surface area contributed by atoms with Gasteiger partial charge in [0, 0.05) is 15.9 Å². The molecule has 2 amide bonds. The highest BCUT2D eigenvalue weighted by molar-refractivity contribution is 9.10. The Kier molecular flexibility index (Phi) is 10.3. The normalized spacial score (nSPS) is 10.2. The number of rotatable bonds is 8. The van der Waals surface area contributed by atoms with Gasteiger partial charge in [-0.05, 0) is 67.5 Å². The average Bonchev–Trinajstić information content (AvgIpc) is 2.72. The number of hydrogen-bond acceptors (Lipinski definition) is 5. The molecular weight excluding hydrogens is 529 g/mol. The van der Waals surface area contributed by atoms with E-state index in [0.29, 0.717) is 34.6 Å². The molecule has 0 aliphatic heterocycles.